The lowest BCUT2D eigenvalue weighted by atomic mass is 10.3. The third kappa shape index (κ3) is 3.90. The summed E-state index contributed by atoms with van der Waals surface area (Å²) in [5, 5.41) is 5.54. The Bertz CT molecular complexity index is 334. The number of hydrogen-bond acceptors (Lipinski definition) is 3. The molecule has 0 aliphatic carbocycles. The number of hydrogen-bond donors (Lipinski definition) is 2. The molecule has 2 amide bonds. The Balaban J connectivity index is 2.44. The monoisotopic (exact) mass is 255 g/mol. The van der Waals surface area contributed by atoms with Crippen LogP contribution >= 0.6 is 0 Å². The van der Waals surface area contributed by atoms with E-state index >= 15 is 0 Å². The van der Waals surface area contributed by atoms with Gasteiger partial charge in [0.05, 0.1) is 6.54 Å². The Hall–Kier alpha value is -1.79. The van der Waals surface area contributed by atoms with Crippen LogP contribution in [0.1, 0.15) is 6.92 Å². The van der Waals surface area contributed by atoms with Crippen molar-refractivity contribution < 1.29 is 9.59 Å². The van der Waals surface area contributed by atoms with Crippen LogP contribution in [0.25, 0.3) is 0 Å². The largest absolute Gasteiger partial charge is 0.358 e. The number of piperazine rings is 1. The van der Waals surface area contributed by atoms with Gasteiger partial charge in [0.25, 0.3) is 0 Å². The highest BCUT2D eigenvalue weighted by atomic mass is 16.2. The van der Waals surface area contributed by atoms with Gasteiger partial charge in [-0.15, -0.1) is 0 Å². The summed E-state index contributed by atoms with van der Waals surface area (Å²) in [6.07, 6.45) is 0. The van der Waals surface area contributed by atoms with E-state index in [4.69, 9.17) is 0 Å². The van der Waals surface area contributed by atoms with Crippen LogP contribution in [0.5, 0.6) is 0 Å². The molecule has 1 aliphatic heterocycles. The number of carbonyl (C=O) groups is 2. The minimum Gasteiger partial charge on any atom is -0.358 e. The molecule has 0 radical (unpaired) electrons. The van der Waals surface area contributed by atoms with E-state index in [1.165, 1.54) is 0 Å². The van der Waals surface area contributed by atoms with Gasteiger partial charge in [-0.25, -0.2) is 0 Å². The van der Waals surface area contributed by atoms with Crippen LogP contribution in [0.4, 0.5) is 0 Å². The lowest BCUT2D eigenvalue weighted by Crippen LogP contribution is -2.54. The summed E-state index contributed by atoms with van der Waals surface area (Å²) in [7, 11) is 3.28. The van der Waals surface area contributed by atoms with Crippen LogP contribution < -0.4 is 10.6 Å². The summed E-state index contributed by atoms with van der Waals surface area (Å²) in [6, 6.07) is 0. The fourth-order valence-electron chi connectivity index (χ4n) is 1.81. The third-order valence-electron chi connectivity index (χ3n) is 2.92. The van der Waals surface area contributed by atoms with E-state index in [2.05, 4.69) is 15.6 Å². The van der Waals surface area contributed by atoms with Crippen LogP contribution in [0, 0.1) is 0 Å². The number of aliphatic imine (C=N–C) groups is 1. The molecule has 0 aromatic heterocycles. The lowest BCUT2D eigenvalue weighted by molar-refractivity contribution is -0.130. The summed E-state index contributed by atoms with van der Waals surface area (Å²) in [5.74, 6) is 0.711. The third-order valence-corrected chi connectivity index (χ3v) is 2.92. The van der Waals surface area contributed by atoms with E-state index < -0.39 is 0 Å². The average molecular weight is 255 g/mol. The number of rotatable bonds is 2. The molecular weight excluding hydrogens is 234 g/mol. The van der Waals surface area contributed by atoms with E-state index in [1.807, 2.05) is 9.80 Å². The molecule has 0 atom stereocenters. The highest BCUT2D eigenvalue weighted by molar-refractivity contribution is 5.86. The van der Waals surface area contributed by atoms with Crippen LogP contribution in [-0.2, 0) is 9.59 Å². The molecule has 7 heteroatoms. The smallest absolute Gasteiger partial charge is 0.239 e. The molecule has 1 fully saturated rings. The van der Waals surface area contributed by atoms with Crippen LogP contribution in [0.3, 0.4) is 0 Å². The Morgan fingerprint density at radius 3 is 2.17 bits per heavy atom. The van der Waals surface area contributed by atoms with Gasteiger partial charge in [0, 0.05) is 47.2 Å². The second kappa shape index (κ2) is 6.83. The first-order valence-electron chi connectivity index (χ1n) is 6.00. The highest BCUT2D eigenvalue weighted by Gasteiger charge is 2.20. The van der Waals surface area contributed by atoms with Gasteiger partial charge in [-0.3, -0.25) is 14.6 Å². The zero-order valence-corrected chi connectivity index (χ0v) is 11.2. The van der Waals surface area contributed by atoms with Gasteiger partial charge < -0.3 is 20.4 Å². The normalized spacial score (nSPS) is 16.5. The predicted octanol–water partition coefficient (Wildman–Crippen LogP) is -1.53. The molecule has 1 rings (SSSR count). The highest BCUT2D eigenvalue weighted by Crippen LogP contribution is 2.02. The number of amides is 2. The van der Waals surface area contributed by atoms with Crippen molar-refractivity contribution in [3.63, 3.8) is 0 Å². The maximum Gasteiger partial charge on any atom is 0.239 e. The SMILES string of the molecule is CN=C(NCC(=O)NC)N1CCN(C(C)=O)CC1. The molecule has 2 N–H and O–H groups in total. The fourth-order valence-corrected chi connectivity index (χ4v) is 1.81. The van der Waals surface area contributed by atoms with Gasteiger partial charge in [-0.2, -0.15) is 0 Å². The maximum atomic E-state index is 11.2. The van der Waals surface area contributed by atoms with Gasteiger partial charge in [0.15, 0.2) is 5.96 Å². The first-order valence-corrected chi connectivity index (χ1v) is 6.00. The summed E-state index contributed by atoms with van der Waals surface area (Å²) in [5.41, 5.74) is 0. The Morgan fingerprint density at radius 1 is 1.17 bits per heavy atom. The standard InChI is InChI=1S/C11H21N5O2/c1-9(17)15-4-6-16(7-5-15)11(13-3)14-8-10(18)12-2/h4-8H2,1-3H3,(H,12,18)(H,13,14). The average Bonchev–Trinajstić information content (AvgIpc) is 2.39. The van der Waals surface area contributed by atoms with Gasteiger partial charge in [0.2, 0.25) is 11.8 Å². The number of nitrogens with one attached hydrogen (secondary N) is 2. The van der Waals surface area contributed by atoms with E-state index in [9.17, 15) is 9.59 Å². The van der Waals surface area contributed by atoms with Crippen molar-refractivity contribution >= 4 is 17.8 Å². The molecule has 18 heavy (non-hydrogen) atoms. The fraction of sp³-hybridized carbons (Fsp3) is 0.727. The number of nitrogens with zero attached hydrogens (tertiary/aromatic N) is 3. The summed E-state index contributed by atoms with van der Waals surface area (Å²) in [4.78, 5) is 30.4. The molecule has 1 aliphatic rings. The molecule has 0 spiro atoms. The van der Waals surface area contributed by atoms with Crippen molar-refractivity contribution in [2.24, 2.45) is 4.99 Å². The van der Waals surface area contributed by atoms with E-state index in [-0.39, 0.29) is 18.4 Å². The molecule has 1 saturated heterocycles. The number of guanidine groups is 1. The van der Waals surface area contributed by atoms with Gasteiger partial charge >= 0.3 is 0 Å². The Labute approximate surface area is 107 Å². The van der Waals surface area contributed by atoms with Crippen LogP contribution in [0.15, 0.2) is 4.99 Å². The summed E-state index contributed by atoms with van der Waals surface area (Å²) >= 11 is 0. The molecule has 0 saturated carbocycles. The van der Waals surface area contributed by atoms with Crippen molar-refractivity contribution in [1.82, 2.24) is 20.4 Å². The number of likely N-dealkylation sites (N-methyl/N-ethyl adjacent to an activating group) is 1. The van der Waals surface area contributed by atoms with Gasteiger partial charge in [-0.05, 0) is 0 Å². The molecule has 0 aromatic rings. The molecule has 7 nitrogen and oxygen atoms in total. The Kier molecular flexibility index (Phi) is 5.41. The summed E-state index contributed by atoms with van der Waals surface area (Å²) in [6.45, 7) is 4.62. The zero-order chi connectivity index (χ0) is 13.5. The van der Waals surface area contributed by atoms with Crippen molar-refractivity contribution in [3.8, 4) is 0 Å². The molecule has 1 heterocycles. The predicted molar refractivity (Wildman–Crippen MR) is 69.3 cm³/mol. The van der Waals surface area contributed by atoms with Crippen molar-refractivity contribution in [1.29, 1.82) is 0 Å². The lowest BCUT2D eigenvalue weighted by Gasteiger charge is -2.35. The molecule has 0 unspecified atom stereocenters. The van der Waals surface area contributed by atoms with Crippen molar-refractivity contribution in [3.05, 3.63) is 0 Å². The minimum absolute atomic E-state index is 0.0847. The van der Waals surface area contributed by atoms with E-state index in [1.54, 1.807) is 21.0 Å². The topological polar surface area (TPSA) is 77.0 Å². The van der Waals surface area contributed by atoms with E-state index in [0.29, 0.717) is 19.0 Å². The van der Waals surface area contributed by atoms with Crippen LogP contribution in [0.2, 0.25) is 0 Å². The Morgan fingerprint density at radius 2 is 1.72 bits per heavy atom. The second-order valence-corrected chi connectivity index (χ2v) is 4.07. The van der Waals surface area contributed by atoms with Crippen molar-refractivity contribution in [2.45, 2.75) is 6.92 Å². The molecule has 102 valence electrons. The van der Waals surface area contributed by atoms with E-state index in [0.717, 1.165) is 13.1 Å². The van der Waals surface area contributed by atoms with Gasteiger partial charge in [0.1, 0.15) is 0 Å². The quantitative estimate of drug-likeness (QED) is 0.464. The van der Waals surface area contributed by atoms with Crippen molar-refractivity contribution in [2.75, 3.05) is 46.8 Å². The van der Waals surface area contributed by atoms with Gasteiger partial charge in [-0.1, -0.05) is 0 Å². The van der Waals surface area contributed by atoms with Crippen LogP contribution in [-0.4, -0.2) is 74.4 Å². The second-order valence-electron chi connectivity index (χ2n) is 4.07. The minimum atomic E-state index is -0.0847. The maximum absolute atomic E-state index is 11.2. The number of carbonyl (C=O) groups excluding carboxylic acids is 2. The molecule has 0 bridgehead atoms. The first-order chi connectivity index (χ1) is 8.58. The molecule has 0 aromatic carbocycles. The first kappa shape index (κ1) is 14.3. The zero-order valence-electron chi connectivity index (χ0n) is 11.2. The summed E-state index contributed by atoms with van der Waals surface area (Å²) < 4.78 is 0. The molecular formula is C11H21N5O2.